The van der Waals surface area contributed by atoms with E-state index in [-0.39, 0.29) is 0 Å². The SMILES string of the molecule is Clc1ccc(/C=N\Nc2nc3ccccc3nc2Cc2ccccc2)cc1. The molecule has 0 unspecified atom stereocenters. The van der Waals surface area contributed by atoms with Crippen LogP contribution < -0.4 is 5.43 Å². The van der Waals surface area contributed by atoms with E-state index in [1.54, 1.807) is 6.21 Å². The van der Waals surface area contributed by atoms with Crippen molar-refractivity contribution in [2.75, 3.05) is 5.43 Å². The second kappa shape index (κ2) is 7.98. The maximum absolute atomic E-state index is 5.92. The van der Waals surface area contributed by atoms with Crippen LogP contribution in [0.15, 0.2) is 84.0 Å². The van der Waals surface area contributed by atoms with Crippen LogP contribution in [0.5, 0.6) is 0 Å². The van der Waals surface area contributed by atoms with Gasteiger partial charge in [0.05, 0.1) is 22.9 Å². The summed E-state index contributed by atoms with van der Waals surface area (Å²) in [6.07, 6.45) is 2.41. The Morgan fingerprint density at radius 2 is 1.48 bits per heavy atom. The zero-order valence-electron chi connectivity index (χ0n) is 14.5. The molecule has 0 bridgehead atoms. The molecule has 1 N–H and O–H groups in total. The summed E-state index contributed by atoms with van der Waals surface area (Å²) in [6, 6.07) is 25.5. The first-order chi connectivity index (χ1) is 13.3. The number of fused-ring (bicyclic) bond motifs is 1. The predicted molar refractivity (Wildman–Crippen MR) is 111 cm³/mol. The van der Waals surface area contributed by atoms with E-state index in [4.69, 9.17) is 21.6 Å². The molecule has 5 heteroatoms. The second-order valence-corrected chi connectivity index (χ2v) is 6.53. The molecule has 0 aliphatic rings. The molecule has 27 heavy (non-hydrogen) atoms. The molecule has 0 aliphatic heterocycles. The van der Waals surface area contributed by atoms with Gasteiger partial charge in [-0.3, -0.25) is 5.43 Å². The van der Waals surface area contributed by atoms with Crippen LogP contribution in [0.3, 0.4) is 0 Å². The number of hydrogen-bond acceptors (Lipinski definition) is 4. The van der Waals surface area contributed by atoms with E-state index >= 15 is 0 Å². The number of anilines is 1. The standard InChI is InChI=1S/C22H17ClN4/c23-18-12-10-17(11-13-18)15-24-27-22-21(14-16-6-2-1-3-7-16)25-19-8-4-5-9-20(19)26-22/h1-13,15H,14H2,(H,26,27)/b24-15-. The quantitative estimate of drug-likeness (QED) is 0.381. The summed E-state index contributed by atoms with van der Waals surface area (Å²) in [5.74, 6) is 0.655. The van der Waals surface area contributed by atoms with Gasteiger partial charge in [0, 0.05) is 11.4 Å². The lowest BCUT2D eigenvalue weighted by Gasteiger charge is -2.09. The number of rotatable bonds is 5. The molecule has 0 atom stereocenters. The van der Waals surface area contributed by atoms with Crippen LogP contribution in [-0.2, 0) is 6.42 Å². The highest BCUT2D eigenvalue weighted by Crippen LogP contribution is 2.20. The number of hydrogen-bond donors (Lipinski definition) is 1. The molecule has 0 spiro atoms. The Morgan fingerprint density at radius 3 is 2.22 bits per heavy atom. The summed E-state index contributed by atoms with van der Waals surface area (Å²) in [4.78, 5) is 9.50. The highest BCUT2D eigenvalue weighted by atomic mass is 35.5. The molecule has 0 radical (unpaired) electrons. The van der Waals surface area contributed by atoms with Gasteiger partial charge in [0.1, 0.15) is 0 Å². The van der Waals surface area contributed by atoms with E-state index < -0.39 is 0 Å². The summed E-state index contributed by atoms with van der Waals surface area (Å²) < 4.78 is 0. The van der Waals surface area contributed by atoms with Gasteiger partial charge in [0.25, 0.3) is 0 Å². The molecule has 0 saturated carbocycles. The first kappa shape index (κ1) is 17.2. The van der Waals surface area contributed by atoms with Crippen molar-refractivity contribution in [1.29, 1.82) is 0 Å². The highest BCUT2D eigenvalue weighted by molar-refractivity contribution is 6.30. The third kappa shape index (κ3) is 4.30. The fourth-order valence-electron chi connectivity index (χ4n) is 2.76. The summed E-state index contributed by atoms with van der Waals surface area (Å²) in [5.41, 5.74) is 7.73. The summed E-state index contributed by atoms with van der Waals surface area (Å²) in [5, 5.41) is 5.03. The zero-order chi connectivity index (χ0) is 18.5. The molecule has 1 aromatic heterocycles. The fraction of sp³-hybridized carbons (Fsp3) is 0.0455. The van der Waals surface area contributed by atoms with Crippen LogP contribution in [0.2, 0.25) is 5.02 Å². The topological polar surface area (TPSA) is 50.2 Å². The predicted octanol–water partition coefficient (Wildman–Crippen LogP) is 5.32. The molecule has 0 fully saturated rings. The highest BCUT2D eigenvalue weighted by Gasteiger charge is 2.09. The molecule has 4 rings (SSSR count). The maximum Gasteiger partial charge on any atom is 0.169 e. The van der Waals surface area contributed by atoms with Gasteiger partial charge in [0.15, 0.2) is 5.82 Å². The van der Waals surface area contributed by atoms with Gasteiger partial charge in [-0.1, -0.05) is 66.2 Å². The van der Waals surface area contributed by atoms with Gasteiger partial charge in [-0.05, 0) is 35.4 Å². The largest absolute Gasteiger partial charge is 0.260 e. The molecule has 1 heterocycles. The smallest absolute Gasteiger partial charge is 0.169 e. The third-order valence-corrected chi connectivity index (χ3v) is 4.36. The molecule has 3 aromatic carbocycles. The molecule has 132 valence electrons. The molecule has 0 aliphatic carbocycles. The van der Waals surface area contributed by atoms with Gasteiger partial charge in [-0.25, -0.2) is 9.97 Å². The minimum atomic E-state index is 0.655. The summed E-state index contributed by atoms with van der Waals surface area (Å²) in [7, 11) is 0. The zero-order valence-corrected chi connectivity index (χ0v) is 15.3. The van der Waals surface area contributed by atoms with E-state index in [0.29, 0.717) is 17.3 Å². The molecule has 0 saturated heterocycles. The number of nitrogens with one attached hydrogen (secondary N) is 1. The molecule has 0 amide bonds. The van der Waals surface area contributed by atoms with Gasteiger partial charge in [-0.2, -0.15) is 5.10 Å². The lowest BCUT2D eigenvalue weighted by Crippen LogP contribution is -2.03. The van der Waals surface area contributed by atoms with Crippen molar-refractivity contribution in [3.8, 4) is 0 Å². The van der Waals surface area contributed by atoms with Crippen LogP contribution in [-0.4, -0.2) is 16.2 Å². The minimum absolute atomic E-state index is 0.655. The number of para-hydroxylation sites is 2. The Labute approximate surface area is 162 Å². The number of hydrazone groups is 1. The van der Waals surface area contributed by atoms with Gasteiger partial charge >= 0.3 is 0 Å². The van der Waals surface area contributed by atoms with Crippen LogP contribution in [0.1, 0.15) is 16.8 Å². The van der Waals surface area contributed by atoms with Crippen molar-refractivity contribution < 1.29 is 0 Å². The van der Waals surface area contributed by atoms with E-state index in [9.17, 15) is 0 Å². The van der Waals surface area contributed by atoms with E-state index in [1.807, 2.05) is 66.7 Å². The van der Waals surface area contributed by atoms with Crippen molar-refractivity contribution in [3.63, 3.8) is 0 Å². The minimum Gasteiger partial charge on any atom is -0.260 e. The molecular formula is C22H17ClN4. The third-order valence-electron chi connectivity index (χ3n) is 4.11. The van der Waals surface area contributed by atoms with Crippen LogP contribution in [0.4, 0.5) is 5.82 Å². The van der Waals surface area contributed by atoms with E-state index in [2.05, 4.69) is 22.7 Å². The van der Waals surface area contributed by atoms with Crippen LogP contribution in [0, 0.1) is 0 Å². The number of aromatic nitrogens is 2. The Balaban J connectivity index is 1.64. The van der Waals surface area contributed by atoms with Gasteiger partial charge in [0.2, 0.25) is 0 Å². The van der Waals surface area contributed by atoms with Crippen molar-refractivity contribution in [2.45, 2.75) is 6.42 Å². The monoisotopic (exact) mass is 372 g/mol. The molecule has 4 aromatic rings. The number of halogens is 1. The summed E-state index contributed by atoms with van der Waals surface area (Å²) in [6.45, 7) is 0. The van der Waals surface area contributed by atoms with Crippen molar-refractivity contribution in [2.24, 2.45) is 5.10 Å². The summed E-state index contributed by atoms with van der Waals surface area (Å²) >= 11 is 5.92. The molecule has 4 nitrogen and oxygen atoms in total. The number of nitrogens with zero attached hydrogens (tertiary/aromatic N) is 3. The first-order valence-corrected chi connectivity index (χ1v) is 9.00. The van der Waals surface area contributed by atoms with Crippen LogP contribution >= 0.6 is 11.6 Å². The Morgan fingerprint density at radius 1 is 0.815 bits per heavy atom. The first-order valence-electron chi connectivity index (χ1n) is 8.62. The Bertz CT molecular complexity index is 1080. The Kier molecular flexibility index (Phi) is 5.08. The molecular weight excluding hydrogens is 356 g/mol. The van der Waals surface area contributed by atoms with Crippen molar-refractivity contribution >= 4 is 34.7 Å². The van der Waals surface area contributed by atoms with Crippen molar-refractivity contribution in [1.82, 2.24) is 9.97 Å². The lowest BCUT2D eigenvalue weighted by atomic mass is 10.1. The normalized spacial score (nSPS) is 11.1. The second-order valence-electron chi connectivity index (χ2n) is 6.09. The average Bonchev–Trinajstić information content (AvgIpc) is 2.70. The van der Waals surface area contributed by atoms with E-state index in [0.717, 1.165) is 22.3 Å². The lowest BCUT2D eigenvalue weighted by molar-refractivity contribution is 1.06. The van der Waals surface area contributed by atoms with Gasteiger partial charge < -0.3 is 0 Å². The Hall–Kier alpha value is -3.24. The van der Waals surface area contributed by atoms with Gasteiger partial charge in [-0.15, -0.1) is 0 Å². The fourth-order valence-corrected chi connectivity index (χ4v) is 2.88. The maximum atomic E-state index is 5.92. The number of benzene rings is 3. The average molecular weight is 373 g/mol. The van der Waals surface area contributed by atoms with Crippen LogP contribution in [0.25, 0.3) is 11.0 Å². The van der Waals surface area contributed by atoms with Crippen molar-refractivity contribution in [3.05, 3.63) is 101 Å². The van der Waals surface area contributed by atoms with E-state index in [1.165, 1.54) is 5.56 Å².